The van der Waals surface area contributed by atoms with E-state index in [9.17, 15) is 4.79 Å². The molecular formula is C15H18N4O2. The SMILES string of the molecule is CC1CC(CNCc2nn(C)c(=O)c3ccccc23)=NO1. The van der Waals surface area contributed by atoms with Crippen molar-refractivity contribution < 1.29 is 4.84 Å². The fourth-order valence-electron chi connectivity index (χ4n) is 2.51. The van der Waals surface area contributed by atoms with Crippen molar-refractivity contribution in [1.29, 1.82) is 0 Å². The highest BCUT2D eigenvalue weighted by atomic mass is 16.6. The highest BCUT2D eigenvalue weighted by molar-refractivity contribution is 5.87. The molecule has 0 saturated heterocycles. The van der Waals surface area contributed by atoms with Gasteiger partial charge in [-0.1, -0.05) is 23.4 Å². The molecule has 1 aromatic heterocycles. The smallest absolute Gasteiger partial charge is 0.274 e. The molecule has 1 aromatic carbocycles. The molecule has 6 heteroatoms. The molecule has 1 aliphatic rings. The number of hydrogen-bond acceptors (Lipinski definition) is 5. The van der Waals surface area contributed by atoms with Gasteiger partial charge in [0.05, 0.1) is 16.8 Å². The van der Waals surface area contributed by atoms with Gasteiger partial charge in [0.25, 0.3) is 5.56 Å². The van der Waals surface area contributed by atoms with Crippen LogP contribution in [0.3, 0.4) is 0 Å². The molecule has 1 atom stereocenters. The lowest BCUT2D eigenvalue weighted by Gasteiger charge is -2.09. The van der Waals surface area contributed by atoms with E-state index in [4.69, 9.17) is 4.84 Å². The van der Waals surface area contributed by atoms with Gasteiger partial charge in [-0.05, 0) is 13.0 Å². The molecule has 0 amide bonds. The summed E-state index contributed by atoms with van der Waals surface area (Å²) in [6.07, 6.45) is 1.02. The molecule has 0 fully saturated rings. The summed E-state index contributed by atoms with van der Waals surface area (Å²) in [5.74, 6) is 0. The van der Waals surface area contributed by atoms with Crippen LogP contribution >= 0.6 is 0 Å². The topological polar surface area (TPSA) is 68.5 Å². The van der Waals surface area contributed by atoms with Crippen LogP contribution in [0.2, 0.25) is 0 Å². The molecule has 1 N–H and O–H groups in total. The van der Waals surface area contributed by atoms with E-state index in [0.29, 0.717) is 18.5 Å². The molecule has 0 saturated carbocycles. The van der Waals surface area contributed by atoms with Crippen molar-refractivity contribution in [1.82, 2.24) is 15.1 Å². The van der Waals surface area contributed by atoms with E-state index >= 15 is 0 Å². The number of aromatic nitrogens is 2. The van der Waals surface area contributed by atoms with Crippen LogP contribution in [0.15, 0.2) is 34.2 Å². The lowest BCUT2D eigenvalue weighted by atomic mass is 10.1. The van der Waals surface area contributed by atoms with Gasteiger partial charge in [0.2, 0.25) is 0 Å². The monoisotopic (exact) mass is 286 g/mol. The van der Waals surface area contributed by atoms with Gasteiger partial charge in [0.15, 0.2) is 0 Å². The van der Waals surface area contributed by atoms with Crippen molar-refractivity contribution in [3.8, 4) is 0 Å². The van der Waals surface area contributed by atoms with E-state index in [2.05, 4.69) is 15.6 Å². The highest BCUT2D eigenvalue weighted by Gasteiger charge is 2.15. The molecule has 1 unspecified atom stereocenters. The van der Waals surface area contributed by atoms with Crippen LogP contribution in [0, 0.1) is 0 Å². The van der Waals surface area contributed by atoms with Gasteiger partial charge in [-0.15, -0.1) is 0 Å². The predicted molar refractivity (Wildman–Crippen MR) is 81.3 cm³/mol. The number of hydrogen-bond donors (Lipinski definition) is 1. The first kappa shape index (κ1) is 13.8. The quantitative estimate of drug-likeness (QED) is 0.916. The Bertz CT molecular complexity index is 751. The average Bonchev–Trinajstić information content (AvgIpc) is 2.90. The molecule has 21 heavy (non-hydrogen) atoms. The van der Waals surface area contributed by atoms with E-state index in [1.165, 1.54) is 4.68 Å². The van der Waals surface area contributed by atoms with E-state index in [1.54, 1.807) is 7.05 Å². The summed E-state index contributed by atoms with van der Waals surface area (Å²) in [5.41, 5.74) is 1.80. The van der Waals surface area contributed by atoms with Crippen molar-refractivity contribution >= 4 is 16.5 Å². The first-order valence-electron chi connectivity index (χ1n) is 7.02. The van der Waals surface area contributed by atoms with Gasteiger partial charge in [0.1, 0.15) is 6.10 Å². The lowest BCUT2D eigenvalue weighted by Crippen LogP contribution is -2.26. The number of nitrogens with one attached hydrogen (secondary N) is 1. The molecule has 0 spiro atoms. The van der Waals surface area contributed by atoms with Crippen LogP contribution in [0.25, 0.3) is 10.8 Å². The van der Waals surface area contributed by atoms with E-state index in [-0.39, 0.29) is 11.7 Å². The van der Waals surface area contributed by atoms with Crippen molar-refractivity contribution in [2.24, 2.45) is 12.2 Å². The van der Waals surface area contributed by atoms with Gasteiger partial charge in [-0.2, -0.15) is 5.10 Å². The minimum atomic E-state index is -0.0725. The van der Waals surface area contributed by atoms with Gasteiger partial charge >= 0.3 is 0 Å². The van der Waals surface area contributed by atoms with Crippen molar-refractivity contribution in [3.05, 3.63) is 40.3 Å². The van der Waals surface area contributed by atoms with Crippen molar-refractivity contribution in [3.63, 3.8) is 0 Å². The molecule has 0 bridgehead atoms. The summed E-state index contributed by atoms with van der Waals surface area (Å²) >= 11 is 0. The van der Waals surface area contributed by atoms with Gasteiger partial charge in [-0.3, -0.25) is 4.79 Å². The Morgan fingerprint density at radius 1 is 1.33 bits per heavy atom. The predicted octanol–water partition coefficient (Wildman–Crippen LogP) is 1.19. The highest BCUT2D eigenvalue weighted by Crippen LogP contribution is 2.13. The first-order chi connectivity index (χ1) is 10.1. The first-order valence-corrected chi connectivity index (χ1v) is 7.02. The maximum atomic E-state index is 12.0. The number of oxime groups is 1. The molecule has 2 heterocycles. The number of benzene rings is 1. The summed E-state index contributed by atoms with van der Waals surface area (Å²) in [6, 6.07) is 7.55. The third-order valence-electron chi connectivity index (χ3n) is 3.54. The summed E-state index contributed by atoms with van der Waals surface area (Å²) < 4.78 is 1.39. The number of rotatable bonds is 4. The van der Waals surface area contributed by atoms with Crippen LogP contribution in [0.4, 0.5) is 0 Å². The molecule has 2 aromatic rings. The maximum absolute atomic E-state index is 12.0. The Morgan fingerprint density at radius 2 is 2.10 bits per heavy atom. The maximum Gasteiger partial charge on any atom is 0.274 e. The largest absolute Gasteiger partial charge is 0.392 e. The van der Waals surface area contributed by atoms with Gasteiger partial charge in [-0.25, -0.2) is 4.68 Å². The van der Waals surface area contributed by atoms with Crippen LogP contribution in [0.1, 0.15) is 19.0 Å². The van der Waals surface area contributed by atoms with Crippen LogP contribution in [-0.2, 0) is 18.4 Å². The van der Waals surface area contributed by atoms with E-state index in [1.807, 2.05) is 31.2 Å². The zero-order valence-electron chi connectivity index (χ0n) is 12.2. The van der Waals surface area contributed by atoms with Crippen LogP contribution in [0.5, 0.6) is 0 Å². The molecule has 6 nitrogen and oxygen atoms in total. The second-order valence-electron chi connectivity index (χ2n) is 5.30. The fraction of sp³-hybridized carbons (Fsp3) is 0.400. The molecule has 0 aliphatic carbocycles. The van der Waals surface area contributed by atoms with E-state index in [0.717, 1.165) is 23.2 Å². The van der Waals surface area contributed by atoms with Gasteiger partial charge in [0, 0.05) is 31.9 Å². The molecule has 3 rings (SSSR count). The third kappa shape index (κ3) is 2.80. The summed E-state index contributed by atoms with van der Waals surface area (Å²) in [7, 11) is 1.68. The third-order valence-corrected chi connectivity index (χ3v) is 3.54. The Labute approximate surface area is 122 Å². The zero-order chi connectivity index (χ0) is 14.8. The van der Waals surface area contributed by atoms with E-state index < -0.39 is 0 Å². The van der Waals surface area contributed by atoms with Gasteiger partial charge < -0.3 is 10.2 Å². The van der Waals surface area contributed by atoms with Crippen LogP contribution < -0.4 is 10.9 Å². The number of aryl methyl sites for hydroxylation is 1. The Morgan fingerprint density at radius 3 is 2.81 bits per heavy atom. The second kappa shape index (κ2) is 5.65. The molecule has 1 aliphatic heterocycles. The lowest BCUT2D eigenvalue weighted by molar-refractivity contribution is 0.0995. The Balaban J connectivity index is 1.78. The minimum Gasteiger partial charge on any atom is -0.392 e. The Hall–Kier alpha value is -2.21. The molecule has 110 valence electrons. The minimum absolute atomic E-state index is 0.0725. The summed E-state index contributed by atoms with van der Waals surface area (Å²) in [4.78, 5) is 17.2. The van der Waals surface area contributed by atoms with Crippen molar-refractivity contribution in [2.75, 3.05) is 6.54 Å². The number of fused-ring (bicyclic) bond motifs is 1. The zero-order valence-corrected chi connectivity index (χ0v) is 12.2. The van der Waals surface area contributed by atoms with Crippen molar-refractivity contribution in [2.45, 2.75) is 26.0 Å². The second-order valence-corrected chi connectivity index (χ2v) is 5.30. The van der Waals surface area contributed by atoms with Crippen LogP contribution in [-0.4, -0.2) is 28.1 Å². The molecule has 0 radical (unpaired) electrons. The summed E-state index contributed by atoms with van der Waals surface area (Å²) in [6.45, 7) is 3.25. The summed E-state index contributed by atoms with van der Waals surface area (Å²) in [5, 5.41) is 13.3. The normalized spacial score (nSPS) is 17.8. The fourth-order valence-corrected chi connectivity index (χ4v) is 2.51. The average molecular weight is 286 g/mol. The molecular weight excluding hydrogens is 268 g/mol. The Kier molecular flexibility index (Phi) is 3.70. The number of nitrogens with zero attached hydrogens (tertiary/aromatic N) is 3. The standard InChI is InChI=1S/C15H18N4O2/c1-10-7-11(18-21-10)8-16-9-14-12-5-3-4-6-13(12)15(20)19(2)17-14/h3-6,10,16H,7-9H2,1-2H3.